The van der Waals surface area contributed by atoms with E-state index in [9.17, 15) is 4.79 Å². The van der Waals surface area contributed by atoms with Gasteiger partial charge in [-0.3, -0.25) is 4.98 Å². The summed E-state index contributed by atoms with van der Waals surface area (Å²) in [4.78, 5) is 20.0. The zero-order chi connectivity index (χ0) is 16.2. The van der Waals surface area contributed by atoms with E-state index in [-0.39, 0.29) is 12.5 Å². The fraction of sp³-hybridized carbons (Fsp3) is 0.0667. The first-order valence-corrected chi connectivity index (χ1v) is 7.65. The number of nitrogens with zero attached hydrogens (tertiary/aromatic N) is 3. The Hall–Kier alpha value is -2.25. The third kappa shape index (κ3) is 3.94. The molecule has 3 aromatic rings. The molecular weight excluding hydrogens is 386 g/mol. The Morgan fingerprint density at radius 2 is 2.04 bits per heavy atom. The van der Waals surface area contributed by atoms with Crippen molar-refractivity contribution in [1.82, 2.24) is 15.1 Å². The second kappa shape index (κ2) is 6.89. The van der Waals surface area contributed by atoms with E-state index in [0.29, 0.717) is 20.9 Å². The van der Waals surface area contributed by atoms with Gasteiger partial charge in [-0.15, -0.1) is 0 Å². The number of rotatable bonds is 4. The van der Waals surface area contributed by atoms with E-state index in [1.807, 2.05) is 0 Å². The summed E-state index contributed by atoms with van der Waals surface area (Å²) in [7, 11) is 0. The SMILES string of the molecule is O=C(OCc1nc(-c2ccc(Cl)cc2)no1)c1cncc(Br)c1. The average Bonchev–Trinajstić information content (AvgIpc) is 3.02. The molecule has 0 aliphatic heterocycles. The molecule has 6 nitrogen and oxygen atoms in total. The van der Waals surface area contributed by atoms with Crippen LogP contribution < -0.4 is 0 Å². The maximum absolute atomic E-state index is 11.9. The Morgan fingerprint density at radius 3 is 2.78 bits per heavy atom. The molecule has 0 amide bonds. The van der Waals surface area contributed by atoms with Gasteiger partial charge in [0, 0.05) is 27.5 Å². The van der Waals surface area contributed by atoms with Gasteiger partial charge in [0.05, 0.1) is 5.56 Å². The first-order valence-electron chi connectivity index (χ1n) is 6.48. The predicted molar refractivity (Wildman–Crippen MR) is 85.8 cm³/mol. The molecule has 0 saturated carbocycles. The van der Waals surface area contributed by atoms with Gasteiger partial charge < -0.3 is 9.26 Å². The standard InChI is InChI=1S/C15H9BrClN3O3/c16-11-5-10(6-18-7-11)15(21)22-8-13-19-14(20-23-13)9-1-3-12(17)4-2-9/h1-7H,8H2. The molecule has 0 unspecified atom stereocenters. The van der Waals surface area contributed by atoms with Gasteiger partial charge in [0.1, 0.15) is 0 Å². The molecule has 1 aromatic carbocycles. The van der Waals surface area contributed by atoms with Crippen molar-refractivity contribution in [2.45, 2.75) is 6.61 Å². The number of benzene rings is 1. The monoisotopic (exact) mass is 393 g/mol. The predicted octanol–water partition coefficient (Wildman–Crippen LogP) is 3.90. The number of carbonyl (C=O) groups is 1. The second-order valence-electron chi connectivity index (χ2n) is 4.49. The van der Waals surface area contributed by atoms with E-state index in [1.165, 1.54) is 6.20 Å². The Balaban J connectivity index is 1.65. The Morgan fingerprint density at radius 1 is 1.26 bits per heavy atom. The van der Waals surface area contributed by atoms with Gasteiger partial charge in [0.25, 0.3) is 5.89 Å². The lowest BCUT2D eigenvalue weighted by Gasteiger charge is -2.01. The van der Waals surface area contributed by atoms with Crippen molar-refractivity contribution in [3.63, 3.8) is 0 Å². The summed E-state index contributed by atoms with van der Waals surface area (Å²) in [6.45, 7) is -0.119. The number of hydrogen-bond donors (Lipinski definition) is 0. The van der Waals surface area contributed by atoms with Crippen LogP contribution in [0.4, 0.5) is 0 Å². The topological polar surface area (TPSA) is 78.1 Å². The van der Waals surface area contributed by atoms with Gasteiger partial charge in [0.2, 0.25) is 5.82 Å². The van der Waals surface area contributed by atoms with Crippen LogP contribution in [0.5, 0.6) is 0 Å². The van der Waals surface area contributed by atoms with Crippen molar-refractivity contribution in [3.05, 3.63) is 63.7 Å². The molecule has 0 aliphatic rings. The van der Waals surface area contributed by atoms with Crippen molar-refractivity contribution in [1.29, 1.82) is 0 Å². The Labute approximate surface area is 144 Å². The molecule has 2 aromatic heterocycles. The maximum atomic E-state index is 11.9. The smallest absolute Gasteiger partial charge is 0.340 e. The minimum Gasteiger partial charge on any atom is -0.452 e. The highest BCUT2D eigenvalue weighted by Crippen LogP contribution is 2.19. The fourth-order valence-electron chi connectivity index (χ4n) is 1.76. The first-order chi connectivity index (χ1) is 11.1. The van der Waals surface area contributed by atoms with E-state index in [1.54, 1.807) is 36.5 Å². The number of halogens is 2. The van der Waals surface area contributed by atoms with Gasteiger partial charge in [-0.1, -0.05) is 16.8 Å². The van der Waals surface area contributed by atoms with Crippen LogP contribution in [-0.4, -0.2) is 21.1 Å². The Kier molecular flexibility index (Phi) is 4.68. The van der Waals surface area contributed by atoms with Crippen LogP contribution in [0.1, 0.15) is 16.2 Å². The molecule has 3 rings (SSSR count). The molecule has 0 spiro atoms. The lowest BCUT2D eigenvalue weighted by molar-refractivity contribution is 0.0429. The molecule has 0 radical (unpaired) electrons. The Bertz CT molecular complexity index is 836. The number of ether oxygens (including phenoxy) is 1. The van der Waals surface area contributed by atoms with Crippen LogP contribution >= 0.6 is 27.5 Å². The van der Waals surface area contributed by atoms with E-state index in [2.05, 4.69) is 31.1 Å². The van der Waals surface area contributed by atoms with E-state index < -0.39 is 5.97 Å². The molecule has 8 heteroatoms. The van der Waals surface area contributed by atoms with E-state index in [4.69, 9.17) is 20.9 Å². The summed E-state index contributed by atoms with van der Waals surface area (Å²) < 4.78 is 10.9. The molecule has 0 bridgehead atoms. The maximum Gasteiger partial charge on any atom is 0.340 e. The fourth-order valence-corrected chi connectivity index (χ4v) is 2.25. The van der Waals surface area contributed by atoms with Crippen LogP contribution in [0, 0.1) is 0 Å². The average molecular weight is 395 g/mol. The van der Waals surface area contributed by atoms with Crippen molar-refractivity contribution in [2.24, 2.45) is 0 Å². The number of esters is 1. The molecule has 23 heavy (non-hydrogen) atoms. The molecule has 0 atom stereocenters. The quantitative estimate of drug-likeness (QED) is 0.624. The highest BCUT2D eigenvalue weighted by Gasteiger charge is 2.13. The number of aromatic nitrogens is 3. The van der Waals surface area contributed by atoms with Gasteiger partial charge in [-0.05, 0) is 46.3 Å². The van der Waals surface area contributed by atoms with Crippen LogP contribution in [0.2, 0.25) is 5.02 Å². The van der Waals surface area contributed by atoms with E-state index >= 15 is 0 Å². The highest BCUT2D eigenvalue weighted by molar-refractivity contribution is 9.10. The third-order valence-corrected chi connectivity index (χ3v) is 3.52. The lowest BCUT2D eigenvalue weighted by atomic mass is 10.2. The molecule has 116 valence electrons. The highest BCUT2D eigenvalue weighted by atomic mass is 79.9. The molecule has 0 N–H and O–H groups in total. The number of carbonyl (C=O) groups excluding carboxylic acids is 1. The molecular formula is C15H9BrClN3O3. The molecule has 2 heterocycles. The third-order valence-electron chi connectivity index (χ3n) is 2.84. The molecule has 0 saturated heterocycles. The van der Waals surface area contributed by atoms with Gasteiger partial charge in [-0.25, -0.2) is 4.79 Å². The van der Waals surface area contributed by atoms with Crippen LogP contribution in [0.3, 0.4) is 0 Å². The minimum absolute atomic E-state index is 0.119. The summed E-state index contributed by atoms with van der Waals surface area (Å²) in [6, 6.07) is 8.62. The van der Waals surface area contributed by atoms with Crippen molar-refractivity contribution in [3.8, 4) is 11.4 Å². The van der Waals surface area contributed by atoms with Crippen LogP contribution in [0.15, 0.2) is 51.7 Å². The van der Waals surface area contributed by atoms with Gasteiger partial charge >= 0.3 is 5.97 Å². The number of hydrogen-bond acceptors (Lipinski definition) is 6. The zero-order valence-corrected chi connectivity index (χ0v) is 13.9. The van der Waals surface area contributed by atoms with Crippen molar-refractivity contribution >= 4 is 33.5 Å². The van der Waals surface area contributed by atoms with Gasteiger partial charge in [-0.2, -0.15) is 4.98 Å². The zero-order valence-electron chi connectivity index (χ0n) is 11.6. The number of pyridine rings is 1. The van der Waals surface area contributed by atoms with Crippen LogP contribution in [-0.2, 0) is 11.3 Å². The molecule has 0 fully saturated rings. The summed E-state index contributed by atoms with van der Waals surface area (Å²) in [5.74, 6) is 0.0770. The largest absolute Gasteiger partial charge is 0.452 e. The second-order valence-corrected chi connectivity index (χ2v) is 5.84. The summed E-state index contributed by atoms with van der Waals surface area (Å²) in [6.07, 6.45) is 2.99. The minimum atomic E-state index is -0.523. The summed E-state index contributed by atoms with van der Waals surface area (Å²) in [5.41, 5.74) is 1.09. The summed E-state index contributed by atoms with van der Waals surface area (Å²) >= 11 is 9.07. The molecule has 0 aliphatic carbocycles. The lowest BCUT2D eigenvalue weighted by Crippen LogP contribution is -2.05. The van der Waals surface area contributed by atoms with Crippen LogP contribution in [0.25, 0.3) is 11.4 Å². The van der Waals surface area contributed by atoms with Crippen molar-refractivity contribution < 1.29 is 14.1 Å². The summed E-state index contributed by atoms with van der Waals surface area (Å²) in [5, 5.41) is 4.46. The normalized spacial score (nSPS) is 10.5. The first kappa shape index (κ1) is 15.6. The van der Waals surface area contributed by atoms with Crippen molar-refractivity contribution in [2.75, 3.05) is 0 Å². The van der Waals surface area contributed by atoms with Gasteiger partial charge in [0.15, 0.2) is 6.61 Å². The van der Waals surface area contributed by atoms with E-state index in [0.717, 1.165) is 5.56 Å².